The fourth-order valence-electron chi connectivity index (χ4n) is 5.86. The summed E-state index contributed by atoms with van der Waals surface area (Å²) >= 11 is 0. The lowest BCUT2D eigenvalue weighted by atomic mass is 9.51. The maximum Gasteiger partial charge on any atom is 0.341 e. The average molecular weight is 488 g/mol. The van der Waals surface area contributed by atoms with Gasteiger partial charge in [-0.1, -0.05) is 6.07 Å². The molecule has 0 aliphatic heterocycles. The summed E-state index contributed by atoms with van der Waals surface area (Å²) in [6.07, 6.45) is -1.83. The average Bonchev–Trinajstić information content (AvgIpc) is 2.78. The van der Waals surface area contributed by atoms with E-state index in [0.717, 1.165) is 7.11 Å². The Morgan fingerprint density at radius 1 is 1.14 bits per heavy atom. The lowest BCUT2D eigenvalue weighted by molar-refractivity contribution is -0.195. The molecule has 3 aliphatic rings. The number of esters is 1. The molecule has 1 aromatic carbocycles. The smallest absolute Gasteiger partial charge is 0.341 e. The van der Waals surface area contributed by atoms with Crippen molar-refractivity contribution in [3.8, 4) is 5.75 Å². The molecule has 186 valence electrons. The van der Waals surface area contributed by atoms with Crippen LogP contribution in [0.5, 0.6) is 5.75 Å². The van der Waals surface area contributed by atoms with E-state index in [4.69, 9.17) is 5.73 Å². The molecular formula is C23H24N2O10. The number of carbonyl (C=O) groups is 6. The normalized spacial score (nSPS) is 34.2. The van der Waals surface area contributed by atoms with Gasteiger partial charge in [-0.25, -0.2) is 4.79 Å². The molecule has 5 unspecified atom stereocenters. The Morgan fingerprint density at radius 3 is 2.31 bits per heavy atom. The Labute approximate surface area is 198 Å². The third kappa shape index (κ3) is 3.10. The van der Waals surface area contributed by atoms with E-state index >= 15 is 0 Å². The van der Waals surface area contributed by atoms with Gasteiger partial charge in [0.2, 0.25) is 5.91 Å². The summed E-state index contributed by atoms with van der Waals surface area (Å²) in [6, 6.07) is 1.17. The van der Waals surface area contributed by atoms with Crippen LogP contribution in [0.2, 0.25) is 0 Å². The highest BCUT2D eigenvalue weighted by Crippen LogP contribution is 2.51. The zero-order valence-electron chi connectivity index (χ0n) is 19.0. The summed E-state index contributed by atoms with van der Waals surface area (Å²) in [5.74, 6) is -14.6. The fourth-order valence-corrected chi connectivity index (χ4v) is 5.86. The van der Waals surface area contributed by atoms with E-state index in [2.05, 4.69) is 4.74 Å². The van der Waals surface area contributed by atoms with E-state index in [0.29, 0.717) is 0 Å². The molecule has 2 saturated carbocycles. The van der Waals surface area contributed by atoms with Crippen LogP contribution < -0.4 is 5.73 Å². The number of aromatic hydroxyl groups is 1. The first-order valence-electron chi connectivity index (χ1n) is 10.8. The number of phenolic OH excluding ortho intramolecular Hbond substituents is 1. The number of hydrogen-bond acceptors (Lipinski definition) is 11. The number of nitrogens with zero attached hydrogens (tertiary/aromatic N) is 1. The first kappa shape index (κ1) is 24.6. The van der Waals surface area contributed by atoms with E-state index in [9.17, 15) is 44.1 Å². The van der Waals surface area contributed by atoms with E-state index in [-0.39, 0.29) is 23.1 Å². The third-order valence-electron chi connectivity index (χ3n) is 7.42. The van der Waals surface area contributed by atoms with Gasteiger partial charge >= 0.3 is 5.97 Å². The lowest BCUT2D eigenvalue weighted by Crippen LogP contribution is -2.77. The van der Waals surface area contributed by atoms with Crippen LogP contribution in [-0.4, -0.2) is 94.2 Å². The van der Waals surface area contributed by atoms with Crippen LogP contribution in [0.15, 0.2) is 12.1 Å². The molecule has 1 aromatic rings. The molecule has 7 atom stereocenters. The molecule has 0 bridgehead atoms. The van der Waals surface area contributed by atoms with Crippen LogP contribution in [0.1, 0.15) is 26.3 Å². The molecule has 12 nitrogen and oxygen atoms in total. The predicted molar refractivity (Wildman–Crippen MR) is 114 cm³/mol. The highest BCUT2D eigenvalue weighted by atomic mass is 16.5. The van der Waals surface area contributed by atoms with E-state index in [1.165, 1.54) is 31.1 Å². The SMILES string of the molecule is COC(=O)c1ccc2c(c1O)C(=O)C1C(=O)C3(O)C(=O)C(C(N)=O)C(=O)[C@H](N(C)C)C3[C@H](O)C1C2. The number of amides is 1. The number of likely N-dealkylation sites (N-methyl/N-ethyl adjacent to an activating group) is 1. The van der Waals surface area contributed by atoms with Gasteiger partial charge in [-0.15, -0.1) is 0 Å². The number of phenols is 1. The van der Waals surface area contributed by atoms with Gasteiger partial charge in [-0.05, 0) is 32.1 Å². The summed E-state index contributed by atoms with van der Waals surface area (Å²) in [4.78, 5) is 78.6. The molecule has 3 aliphatic carbocycles. The van der Waals surface area contributed by atoms with Crippen LogP contribution in [0, 0.1) is 23.7 Å². The fraction of sp³-hybridized carbons (Fsp3) is 0.478. The van der Waals surface area contributed by atoms with Crippen molar-refractivity contribution >= 4 is 35.0 Å². The summed E-state index contributed by atoms with van der Waals surface area (Å²) < 4.78 is 4.59. The van der Waals surface area contributed by atoms with Crippen molar-refractivity contribution in [2.75, 3.05) is 21.2 Å². The minimum absolute atomic E-state index is 0.137. The number of primary amides is 1. The van der Waals surface area contributed by atoms with Gasteiger partial charge in [0.05, 0.1) is 36.7 Å². The molecule has 0 saturated heterocycles. The molecule has 35 heavy (non-hydrogen) atoms. The number of aliphatic hydroxyl groups is 2. The second kappa shape index (κ2) is 8.04. The van der Waals surface area contributed by atoms with E-state index in [1.807, 2.05) is 0 Å². The number of aliphatic hydroxyl groups excluding tert-OH is 1. The summed E-state index contributed by atoms with van der Waals surface area (Å²) in [7, 11) is 3.89. The van der Waals surface area contributed by atoms with Crippen molar-refractivity contribution in [3.05, 3.63) is 28.8 Å². The molecule has 12 heteroatoms. The van der Waals surface area contributed by atoms with Gasteiger partial charge in [0.15, 0.2) is 34.7 Å². The molecule has 0 heterocycles. The summed E-state index contributed by atoms with van der Waals surface area (Å²) in [5, 5.41) is 33.4. The zero-order valence-corrected chi connectivity index (χ0v) is 19.0. The summed E-state index contributed by atoms with van der Waals surface area (Å²) in [5.41, 5.74) is 1.70. The summed E-state index contributed by atoms with van der Waals surface area (Å²) in [6.45, 7) is 0. The number of fused-ring (bicyclic) bond motifs is 3. The second-order valence-electron chi connectivity index (χ2n) is 9.35. The Morgan fingerprint density at radius 2 is 1.77 bits per heavy atom. The number of methoxy groups -OCH3 is 1. The van der Waals surface area contributed by atoms with Gasteiger partial charge in [0, 0.05) is 5.92 Å². The minimum Gasteiger partial charge on any atom is -0.506 e. The van der Waals surface area contributed by atoms with Gasteiger partial charge < -0.3 is 25.8 Å². The van der Waals surface area contributed by atoms with Crippen molar-refractivity contribution in [1.82, 2.24) is 4.90 Å². The van der Waals surface area contributed by atoms with Crippen LogP contribution in [0.3, 0.4) is 0 Å². The van der Waals surface area contributed by atoms with Gasteiger partial charge in [-0.3, -0.25) is 28.9 Å². The zero-order chi connectivity index (χ0) is 26.1. The molecule has 0 spiro atoms. The molecule has 0 radical (unpaired) electrons. The largest absolute Gasteiger partial charge is 0.506 e. The van der Waals surface area contributed by atoms with Gasteiger partial charge in [-0.2, -0.15) is 0 Å². The van der Waals surface area contributed by atoms with Crippen molar-refractivity contribution in [3.63, 3.8) is 0 Å². The van der Waals surface area contributed by atoms with Crippen LogP contribution in [0.25, 0.3) is 0 Å². The first-order chi connectivity index (χ1) is 16.3. The number of nitrogens with two attached hydrogens (primary N) is 1. The Bertz CT molecular complexity index is 1210. The van der Waals surface area contributed by atoms with Gasteiger partial charge in [0.1, 0.15) is 11.3 Å². The van der Waals surface area contributed by atoms with Crippen molar-refractivity contribution in [1.29, 1.82) is 0 Å². The Hall–Kier alpha value is -3.48. The minimum atomic E-state index is -3.06. The van der Waals surface area contributed by atoms with Gasteiger partial charge in [0.25, 0.3) is 0 Å². The number of ether oxygens (including phenoxy) is 1. The number of benzene rings is 1. The number of carbonyl (C=O) groups excluding carboxylic acids is 6. The molecule has 4 rings (SSSR count). The molecule has 1 amide bonds. The molecule has 5 N–H and O–H groups in total. The monoisotopic (exact) mass is 488 g/mol. The van der Waals surface area contributed by atoms with Crippen LogP contribution in [0.4, 0.5) is 0 Å². The number of Topliss-reactive ketones (excluding diaryl/α,β-unsaturated/α-hetero) is 4. The quantitative estimate of drug-likeness (QED) is 0.261. The highest BCUT2D eigenvalue weighted by molar-refractivity contribution is 6.32. The van der Waals surface area contributed by atoms with E-state index < -0.39 is 82.2 Å². The topological polar surface area (TPSA) is 202 Å². The Kier molecular flexibility index (Phi) is 5.66. The first-order valence-corrected chi connectivity index (χ1v) is 10.8. The number of hydrogen-bond donors (Lipinski definition) is 4. The van der Waals surface area contributed by atoms with E-state index in [1.54, 1.807) is 0 Å². The molecule has 0 aromatic heterocycles. The predicted octanol–water partition coefficient (Wildman–Crippen LogP) is -2.38. The third-order valence-corrected chi connectivity index (χ3v) is 7.42. The van der Waals surface area contributed by atoms with Crippen molar-refractivity contribution in [2.45, 2.75) is 24.2 Å². The Balaban J connectivity index is 1.91. The molecular weight excluding hydrogens is 464 g/mol. The standard InChI is InChI=1S/C23H24N2O10/c1-25(2)14-13-16(27)9-6-7-4-5-8(22(33)35-3)15(26)10(7)17(28)11(9)19(30)23(13,34)20(31)12(18(14)29)21(24)32/h4-5,9,11-14,16,26-27,34H,6H2,1-3H3,(H2,24,32)/t9?,11?,12?,13?,14-,16-,23?/m1/s1. The molecule has 2 fully saturated rings. The van der Waals surface area contributed by atoms with Crippen LogP contribution >= 0.6 is 0 Å². The highest BCUT2D eigenvalue weighted by Gasteiger charge is 2.72. The maximum atomic E-state index is 13.7. The van der Waals surface area contributed by atoms with Crippen LogP contribution in [-0.2, 0) is 30.3 Å². The lowest BCUT2D eigenvalue weighted by Gasteiger charge is -2.54. The number of rotatable bonds is 3. The number of ketones is 4. The van der Waals surface area contributed by atoms with Crippen molar-refractivity contribution < 1.29 is 48.8 Å². The maximum absolute atomic E-state index is 13.7. The second-order valence-corrected chi connectivity index (χ2v) is 9.35. The van der Waals surface area contributed by atoms with Crippen molar-refractivity contribution in [2.24, 2.45) is 29.4 Å².